The van der Waals surface area contributed by atoms with Crippen LogP contribution in [-0.4, -0.2) is 19.7 Å². The number of fused-ring (bicyclic) bond motifs is 1. The zero-order valence-corrected chi connectivity index (χ0v) is 20.1. The second-order valence-corrected chi connectivity index (χ2v) is 8.21. The van der Waals surface area contributed by atoms with Gasteiger partial charge in [-0.15, -0.1) is 0 Å². The van der Waals surface area contributed by atoms with Crippen molar-refractivity contribution in [1.82, 2.24) is 0 Å². The minimum absolute atomic E-state index is 0.0620. The molecule has 6 nitrogen and oxygen atoms in total. The van der Waals surface area contributed by atoms with Crippen LogP contribution in [0.15, 0.2) is 59.0 Å². The zero-order chi connectivity index (χ0) is 25.7. The fraction of sp³-hybridized carbons (Fsp3) is 0.250. The summed E-state index contributed by atoms with van der Waals surface area (Å²) in [5.41, 5.74) is 8.63. The van der Waals surface area contributed by atoms with E-state index in [4.69, 9.17) is 24.4 Å². The Morgan fingerprint density at radius 3 is 2.58 bits per heavy atom. The normalized spacial score (nSPS) is 11.1. The Bertz CT molecular complexity index is 1380. The molecule has 0 amide bonds. The first-order chi connectivity index (χ1) is 17.4. The van der Waals surface area contributed by atoms with E-state index in [1.54, 1.807) is 38.3 Å². The van der Waals surface area contributed by atoms with Gasteiger partial charge in [-0.2, -0.15) is 0 Å². The quantitative estimate of drug-likeness (QED) is 0.286. The minimum atomic E-state index is -0.482. The zero-order valence-electron chi connectivity index (χ0n) is 20.1. The molecule has 0 aliphatic carbocycles. The van der Waals surface area contributed by atoms with Crippen LogP contribution in [0.25, 0.3) is 22.1 Å². The lowest BCUT2D eigenvalue weighted by atomic mass is 9.98. The molecule has 0 unspecified atom stereocenters. The number of carbonyl (C=O) groups is 1. The van der Waals surface area contributed by atoms with Gasteiger partial charge >= 0.3 is 5.97 Å². The highest BCUT2D eigenvalue weighted by Gasteiger charge is 2.18. The third-order valence-corrected chi connectivity index (χ3v) is 5.66. The van der Waals surface area contributed by atoms with Gasteiger partial charge in [0.05, 0.1) is 13.0 Å². The average molecular weight is 496 g/mol. The van der Waals surface area contributed by atoms with Crippen LogP contribution in [0.3, 0.4) is 0 Å². The van der Waals surface area contributed by atoms with Gasteiger partial charge in [-0.1, -0.05) is 18.2 Å². The first-order valence-corrected chi connectivity index (χ1v) is 11.5. The summed E-state index contributed by atoms with van der Waals surface area (Å²) in [5, 5.41) is 0.751. The smallest absolute Gasteiger partial charge is 0.310 e. The number of esters is 1. The van der Waals surface area contributed by atoms with E-state index in [-0.39, 0.29) is 32.8 Å². The summed E-state index contributed by atoms with van der Waals surface area (Å²) >= 11 is 0. The van der Waals surface area contributed by atoms with E-state index in [0.29, 0.717) is 39.3 Å². The van der Waals surface area contributed by atoms with E-state index in [9.17, 15) is 9.18 Å². The Morgan fingerprint density at radius 2 is 1.83 bits per heavy atom. The van der Waals surface area contributed by atoms with Crippen LogP contribution in [0.4, 0.5) is 8.78 Å². The molecule has 3 aromatic carbocycles. The molecule has 0 aliphatic rings. The second-order valence-electron chi connectivity index (χ2n) is 8.21. The number of methoxy groups -OCH3 is 1. The molecule has 0 aliphatic heterocycles. The summed E-state index contributed by atoms with van der Waals surface area (Å²) in [4.78, 5) is 12.0. The lowest BCUT2D eigenvalue weighted by Crippen LogP contribution is -2.09. The molecule has 0 saturated heterocycles. The van der Waals surface area contributed by atoms with E-state index in [1.165, 1.54) is 18.2 Å². The van der Waals surface area contributed by atoms with Crippen LogP contribution in [0.1, 0.15) is 29.4 Å². The number of hydrogen-bond acceptors (Lipinski definition) is 6. The van der Waals surface area contributed by atoms with Crippen molar-refractivity contribution < 1.29 is 32.2 Å². The van der Waals surface area contributed by atoms with Crippen molar-refractivity contribution >= 4 is 16.9 Å². The molecule has 0 spiro atoms. The molecule has 4 aromatic rings. The van der Waals surface area contributed by atoms with Crippen LogP contribution in [0.5, 0.6) is 5.75 Å². The lowest BCUT2D eigenvalue weighted by Gasteiger charge is -2.13. The number of furan rings is 1. The SMILES string of the molecule is CCOC(=O)Cc1cc(F)ccc1OCc1cc(-c2cccc(CN)c2F)c2oc(COC)cc2c1. The van der Waals surface area contributed by atoms with Crippen LogP contribution in [-0.2, 0) is 40.4 Å². The van der Waals surface area contributed by atoms with Crippen LogP contribution in [0, 0.1) is 11.6 Å². The largest absolute Gasteiger partial charge is 0.489 e. The lowest BCUT2D eigenvalue weighted by molar-refractivity contribution is -0.142. The molecule has 0 bridgehead atoms. The highest BCUT2D eigenvalue weighted by Crippen LogP contribution is 2.35. The molecule has 0 atom stereocenters. The maximum absolute atomic E-state index is 15.2. The van der Waals surface area contributed by atoms with Crippen LogP contribution < -0.4 is 10.5 Å². The molecular formula is C28H27F2NO5. The fourth-order valence-corrected chi connectivity index (χ4v) is 4.07. The summed E-state index contributed by atoms with van der Waals surface area (Å²) in [6.45, 7) is 2.34. The number of halogens is 2. The molecule has 0 radical (unpaired) electrons. The van der Waals surface area contributed by atoms with E-state index in [1.807, 2.05) is 12.1 Å². The fourth-order valence-electron chi connectivity index (χ4n) is 4.07. The average Bonchev–Trinajstić information content (AvgIpc) is 3.26. The summed E-state index contributed by atoms with van der Waals surface area (Å²) in [6.07, 6.45) is -0.121. The molecule has 2 N–H and O–H groups in total. The van der Waals surface area contributed by atoms with Gasteiger partial charge in [0.1, 0.15) is 41.9 Å². The van der Waals surface area contributed by atoms with Crippen molar-refractivity contribution in [2.24, 2.45) is 5.73 Å². The van der Waals surface area contributed by atoms with E-state index in [2.05, 4.69) is 0 Å². The van der Waals surface area contributed by atoms with Gasteiger partial charge in [-0.3, -0.25) is 4.79 Å². The van der Waals surface area contributed by atoms with Gasteiger partial charge in [0.2, 0.25) is 0 Å². The highest BCUT2D eigenvalue weighted by molar-refractivity contribution is 5.94. The molecule has 4 rings (SSSR count). The number of benzene rings is 3. The van der Waals surface area contributed by atoms with Crippen LogP contribution in [0.2, 0.25) is 0 Å². The van der Waals surface area contributed by atoms with Gasteiger partial charge in [-0.25, -0.2) is 8.78 Å². The van der Waals surface area contributed by atoms with Gasteiger partial charge in [0.25, 0.3) is 0 Å². The molecular weight excluding hydrogens is 468 g/mol. The van der Waals surface area contributed by atoms with E-state index < -0.39 is 17.6 Å². The van der Waals surface area contributed by atoms with Crippen molar-refractivity contribution in [3.05, 3.63) is 88.7 Å². The Kier molecular flexibility index (Phi) is 7.97. The monoisotopic (exact) mass is 495 g/mol. The number of rotatable bonds is 10. The van der Waals surface area contributed by atoms with Crippen molar-refractivity contribution in [1.29, 1.82) is 0 Å². The van der Waals surface area contributed by atoms with E-state index in [0.717, 1.165) is 10.9 Å². The van der Waals surface area contributed by atoms with Crippen molar-refractivity contribution in [2.75, 3.05) is 13.7 Å². The first kappa shape index (κ1) is 25.3. The Balaban J connectivity index is 1.71. The van der Waals surface area contributed by atoms with Gasteiger partial charge in [-0.05, 0) is 48.9 Å². The number of carbonyl (C=O) groups excluding carboxylic acids is 1. The van der Waals surface area contributed by atoms with Crippen molar-refractivity contribution in [3.63, 3.8) is 0 Å². The molecule has 0 saturated carbocycles. The molecule has 0 fully saturated rings. The highest BCUT2D eigenvalue weighted by atomic mass is 19.1. The molecule has 36 heavy (non-hydrogen) atoms. The Hall–Kier alpha value is -3.75. The number of hydrogen-bond donors (Lipinski definition) is 1. The Morgan fingerprint density at radius 1 is 1.00 bits per heavy atom. The summed E-state index contributed by atoms with van der Waals surface area (Å²) in [7, 11) is 1.56. The summed E-state index contributed by atoms with van der Waals surface area (Å²) in [6, 6.07) is 14.5. The third kappa shape index (κ3) is 5.56. The second kappa shape index (κ2) is 11.3. The minimum Gasteiger partial charge on any atom is -0.489 e. The number of nitrogens with two attached hydrogens (primary N) is 1. The molecule has 8 heteroatoms. The van der Waals surface area contributed by atoms with Crippen molar-refractivity contribution in [3.8, 4) is 16.9 Å². The van der Waals surface area contributed by atoms with E-state index >= 15 is 4.39 Å². The van der Waals surface area contributed by atoms with Gasteiger partial charge in [0.15, 0.2) is 0 Å². The first-order valence-electron chi connectivity index (χ1n) is 11.5. The summed E-state index contributed by atoms with van der Waals surface area (Å²) in [5.74, 6) is -0.424. The van der Waals surface area contributed by atoms with Gasteiger partial charge < -0.3 is 24.4 Å². The predicted octanol–water partition coefficient (Wildman–Crippen LogP) is 5.67. The van der Waals surface area contributed by atoms with Crippen molar-refractivity contribution in [2.45, 2.75) is 33.1 Å². The molecule has 1 aromatic heterocycles. The topological polar surface area (TPSA) is 83.9 Å². The van der Waals surface area contributed by atoms with Crippen LogP contribution >= 0.6 is 0 Å². The predicted molar refractivity (Wildman–Crippen MR) is 131 cm³/mol. The molecule has 188 valence electrons. The number of ether oxygens (including phenoxy) is 3. The maximum atomic E-state index is 15.2. The molecule has 1 heterocycles. The maximum Gasteiger partial charge on any atom is 0.310 e. The van der Waals surface area contributed by atoms with Gasteiger partial charge in [0, 0.05) is 41.3 Å². The third-order valence-electron chi connectivity index (χ3n) is 5.66. The Labute approximate surface area is 207 Å². The standard InChI is InChI=1S/C28H27F2NO5/c1-3-34-26(32)13-19-11-21(29)7-8-25(19)35-15-17-9-20-12-22(16-33-2)36-28(20)24(10-17)23-6-4-5-18(14-31)27(23)30/h4-12H,3,13-16,31H2,1-2H3. The summed E-state index contributed by atoms with van der Waals surface area (Å²) < 4.78 is 51.2.